The molecule has 2 aliphatic carbocycles. The lowest BCUT2D eigenvalue weighted by Gasteiger charge is -2.29. The molecule has 2 saturated carbocycles. The zero-order valence-corrected chi connectivity index (χ0v) is 17.3. The van der Waals surface area contributed by atoms with Gasteiger partial charge in [-0.2, -0.15) is 4.31 Å². The van der Waals surface area contributed by atoms with Gasteiger partial charge in [0, 0.05) is 30.7 Å². The molecular formula is C20H30N2O4S. The van der Waals surface area contributed by atoms with Gasteiger partial charge >= 0.3 is 0 Å². The summed E-state index contributed by atoms with van der Waals surface area (Å²) in [5.41, 5.74) is 0.431. The van der Waals surface area contributed by atoms with E-state index in [4.69, 9.17) is 4.74 Å². The van der Waals surface area contributed by atoms with E-state index in [2.05, 4.69) is 0 Å². The third kappa shape index (κ3) is 3.99. The van der Waals surface area contributed by atoms with Crippen molar-refractivity contribution in [3.63, 3.8) is 0 Å². The van der Waals surface area contributed by atoms with Crippen molar-refractivity contribution >= 4 is 15.9 Å². The van der Waals surface area contributed by atoms with Gasteiger partial charge in [0.15, 0.2) is 0 Å². The van der Waals surface area contributed by atoms with E-state index in [1.54, 1.807) is 26.0 Å². The minimum Gasteiger partial charge on any atom is -0.495 e. The third-order valence-electron chi connectivity index (χ3n) is 5.63. The van der Waals surface area contributed by atoms with E-state index < -0.39 is 10.0 Å². The van der Waals surface area contributed by atoms with Gasteiger partial charge in [-0.05, 0) is 43.9 Å². The van der Waals surface area contributed by atoms with Gasteiger partial charge in [0.2, 0.25) is 10.0 Å². The Morgan fingerprint density at radius 2 is 1.67 bits per heavy atom. The van der Waals surface area contributed by atoms with Crippen molar-refractivity contribution in [2.24, 2.45) is 0 Å². The maximum Gasteiger partial charge on any atom is 0.254 e. The molecule has 6 nitrogen and oxygen atoms in total. The molecule has 0 saturated heterocycles. The van der Waals surface area contributed by atoms with E-state index in [0.717, 1.165) is 38.5 Å². The monoisotopic (exact) mass is 394 g/mol. The van der Waals surface area contributed by atoms with Crippen molar-refractivity contribution in [1.82, 2.24) is 9.21 Å². The molecule has 0 atom stereocenters. The van der Waals surface area contributed by atoms with Gasteiger partial charge in [-0.15, -0.1) is 0 Å². The Morgan fingerprint density at radius 1 is 1.07 bits per heavy atom. The molecule has 1 aromatic rings. The van der Waals surface area contributed by atoms with Crippen LogP contribution in [0.5, 0.6) is 5.75 Å². The summed E-state index contributed by atoms with van der Waals surface area (Å²) in [6, 6.07) is 5.38. The Morgan fingerprint density at radius 3 is 2.19 bits per heavy atom. The predicted octanol–water partition coefficient (Wildman–Crippen LogP) is 3.27. The quantitative estimate of drug-likeness (QED) is 0.679. The minimum atomic E-state index is -3.71. The maximum atomic E-state index is 13.3. The van der Waals surface area contributed by atoms with Gasteiger partial charge in [0.05, 0.1) is 7.11 Å². The molecule has 2 aliphatic rings. The van der Waals surface area contributed by atoms with Gasteiger partial charge in [-0.1, -0.05) is 26.7 Å². The predicted molar refractivity (Wildman–Crippen MR) is 105 cm³/mol. The first-order chi connectivity index (χ1) is 12.9. The first kappa shape index (κ1) is 20.1. The second-order valence-corrected chi connectivity index (χ2v) is 9.24. The fourth-order valence-electron chi connectivity index (χ4n) is 4.03. The fourth-order valence-corrected chi connectivity index (χ4v) is 5.67. The summed E-state index contributed by atoms with van der Waals surface area (Å²) < 4.78 is 32.8. The molecule has 3 rings (SSSR count). The molecule has 0 aliphatic heterocycles. The Hall–Kier alpha value is -1.60. The Bertz CT molecular complexity index is 779. The number of nitrogens with zero attached hydrogens (tertiary/aromatic N) is 2. The van der Waals surface area contributed by atoms with Crippen molar-refractivity contribution in [3.8, 4) is 5.75 Å². The Labute approximate surface area is 162 Å². The molecule has 1 aromatic carbocycles. The van der Waals surface area contributed by atoms with E-state index in [1.165, 1.54) is 17.5 Å². The van der Waals surface area contributed by atoms with Crippen LogP contribution in [0.2, 0.25) is 0 Å². The first-order valence-electron chi connectivity index (χ1n) is 9.94. The number of carbonyl (C=O) groups is 1. The molecule has 27 heavy (non-hydrogen) atoms. The van der Waals surface area contributed by atoms with Crippen molar-refractivity contribution in [2.75, 3.05) is 20.2 Å². The largest absolute Gasteiger partial charge is 0.495 e. The summed E-state index contributed by atoms with van der Waals surface area (Å²) in [4.78, 5) is 15.4. The van der Waals surface area contributed by atoms with Crippen molar-refractivity contribution in [3.05, 3.63) is 23.8 Å². The molecule has 150 valence electrons. The number of hydrogen-bond donors (Lipinski definition) is 0. The summed E-state index contributed by atoms with van der Waals surface area (Å²) >= 11 is 0. The van der Waals surface area contributed by atoms with E-state index in [-0.39, 0.29) is 22.6 Å². The number of benzene rings is 1. The topological polar surface area (TPSA) is 66.9 Å². The Balaban J connectivity index is 1.98. The lowest BCUT2D eigenvalue weighted by atomic mass is 10.1. The van der Waals surface area contributed by atoms with Crippen LogP contribution in [0.4, 0.5) is 0 Å². The highest BCUT2D eigenvalue weighted by Gasteiger charge is 2.39. The number of rotatable bonds is 8. The maximum absolute atomic E-state index is 13.3. The van der Waals surface area contributed by atoms with Gasteiger partial charge < -0.3 is 9.64 Å². The van der Waals surface area contributed by atoms with Gasteiger partial charge in [0.1, 0.15) is 10.6 Å². The second-order valence-electron chi connectivity index (χ2n) is 7.34. The van der Waals surface area contributed by atoms with Crippen LogP contribution in [0.1, 0.15) is 62.7 Å². The first-order valence-corrected chi connectivity index (χ1v) is 11.4. The second kappa shape index (κ2) is 8.19. The summed E-state index contributed by atoms with van der Waals surface area (Å²) in [6.45, 7) is 4.35. The molecule has 0 unspecified atom stereocenters. The van der Waals surface area contributed by atoms with Crippen LogP contribution in [-0.2, 0) is 10.0 Å². The van der Waals surface area contributed by atoms with Crippen molar-refractivity contribution < 1.29 is 17.9 Å². The molecule has 0 spiro atoms. The van der Waals surface area contributed by atoms with Crippen LogP contribution in [0.15, 0.2) is 23.1 Å². The average molecular weight is 395 g/mol. The van der Waals surface area contributed by atoms with Crippen LogP contribution < -0.4 is 4.74 Å². The van der Waals surface area contributed by atoms with Gasteiger partial charge in [-0.25, -0.2) is 8.42 Å². The molecule has 0 heterocycles. The van der Waals surface area contributed by atoms with E-state index in [1.807, 2.05) is 4.90 Å². The minimum absolute atomic E-state index is 0.0527. The van der Waals surface area contributed by atoms with E-state index >= 15 is 0 Å². The molecule has 2 fully saturated rings. The molecule has 1 amide bonds. The highest BCUT2D eigenvalue weighted by molar-refractivity contribution is 7.89. The van der Waals surface area contributed by atoms with Crippen LogP contribution in [-0.4, -0.2) is 55.8 Å². The van der Waals surface area contributed by atoms with Gasteiger partial charge in [-0.3, -0.25) is 4.79 Å². The van der Waals surface area contributed by atoms with E-state index in [9.17, 15) is 13.2 Å². The lowest BCUT2D eigenvalue weighted by Crippen LogP contribution is -2.40. The summed E-state index contributed by atoms with van der Waals surface area (Å²) in [5, 5.41) is 0. The number of sulfonamides is 1. The molecule has 0 N–H and O–H groups in total. The Kier molecular flexibility index (Phi) is 6.11. The number of methoxy groups -OCH3 is 1. The van der Waals surface area contributed by atoms with Crippen molar-refractivity contribution in [2.45, 2.75) is 69.4 Å². The lowest BCUT2D eigenvalue weighted by molar-refractivity contribution is 0.0664. The van der Waals surface area contributed by atoms with E-state index in [0.29, 0.717) is 24.7 Å². The highest BCUT2D eigenvalue weighted by atomic mass is 32.2. The van der Waals surface area contributed by atoms with Crippen LogP contribution in [0.3, 0.4) is 0 Å². The number of ether oxygens (including phenoxy) is 1. The van der Waals surface area contributed by atoms with Crippen LogP contribution >= 0.6 is 0 Å². The standard InChI is InChI=1S/C20H30N2O4S/c1-4-21(5-2)27(24,25)19-14-15(10-13-18(19)26-3)20(23)22(17-11-12-17)16-8-6-7-9-16/h10,13-14,16-17H,4-9,11-12H2,1-3H3. The fraction of sp³-hybridized carbons (Fsp3) is 0.650. The van der Waals surface area contributed by atoms with Gasteiger partial charge in [0.25, 0.3) is 5.91 Å². The molecular weight excluding hydrogens is 364 g/mol. The number of amides is 1. The van der Waals surface area contributed by atoms with Crippen LogP contribution in [0, 0.1) is 0 Å². The molecule has 0 aromatic heterocycles. The van der Waals surface area contributed by atoms with Crippen LogP contribution in [0.25, 0.3) is 0 Å². The summed E-state index contributed by atoms with van der Waals surface area (Å²) in [7, 11) is -2.26. The molecule has 0 bridgehead atoms. The smallest absolute Gasteiger partial charge is 0.254 e. The normalized spacial score (nSPS) is 18.1. The zero-order valence-electron chi connectivity index (χ0n) is 16.5. The number of hydrogen-bond acceptors (Lipinski definition) is 4. The number of carbonyl (C=O) groups excluding carboxylic acids is 1. The zero-order chi connectivity index (χ0) is 19.6. The van der Waals surface area contributed by atoms with Crippen molar-refractivity contribution in [1.29, 1.82) is 0 Å². The highest BCUT2D eigenvalue weighted by Crippen LogP contribution is 2.36. The SMILES string of the molecule is CCN(CC)S(=O)(=O)c1cc(C(=O)N(C2CCCC2)C2CC2)ccc1OC. The molecule has 0 radical (unpaired) electrons. The average Bonchev–Trinajstić information content (AvgIpc) is 3.35. The third-order valence-corrected chi connectivity index (χ3v) is 7.70. The summed E-state index contributed by atoms with van der Waals surface area (Å²) in [6.07, 6.45) is 6.49. The molecule has 7 heteroatoms. The summed E-state index contributed by atoms with van der Waals surface area (Å²) in [5.74, 6) is 0.223.